The first-order chi connectivity index (χ1) is 9.59. The van der Waals surface area contributed by atoms with Gasteiger partial charge in [0.15, 0.2) is 5.82 Å². The number of rotatable bonds is 3. The second kappa shape index (κ2) is 4.85. The molecule has 1 saturated carbocycles. The van der Waals surface area contributed by atoms with Gasteiger partial charge >= 0.3 is 0 Å². The summed E-state index contributed by atoms with van der Waals surface area (Å²) in [6.45, 7) is 4.13. The number of hydrogen-bond acceptors (Lipinski definition) is 4. The maximum Gasteiger partial charge on any atom is 0.237 e. The van der Waals surface area contributed by atoms with E-state index in [9.17, 15) is 4.79 Å². The largest absolute Gasteiger partial charge is 0.339 e. The molecule has 0 bridgehead atoms. The van der Waals surface area contributed by atoms with Gasteiger partial charge in [0.1, 0.15) is 5.78 Å². The summed E-state index contributed by atoms with van der Waals surface area (Å²) < 4.78 is 5.34. The van der Waals surface area contributed by atoms with Crippen LogP contribution in [0.25, 0.3) is 0 Å². The van der Waals surface area contributed by atoms with Gasteiger partial charge in [0.05, 0.1) is 11.3 Å². The molecule has 1 fully saturated rings. The van der Waals surface area contributed by atoms with Gasteiger partial charge in [-0.05, 0) is 32.3 Å². The zero-order valence-corrected chi connectivity index (χ0v) is 11.8. The van der Waals surface area contributed by atoms with E-state index in [1.807, 2.05) is 18.2 Å². The molecule has 2 aromatic rings. The number of benzene rings is 1. The molecule has 1 aliphatic carbocycles. The van der Waals surface area contributed by atoms with Crippen molar-refractivity contribution in [3.05, 3.63) is 47.6 Å². The average Bonchev–Trinajstić information content (AvgIpc) is 3.08. The molecule has 1 heterocycles. The molecule has 4 nitrogen and oxygen atoms in total. The van der Waals surface area contributed by atoms with E-state index in [1.54, 1.807) is 0 Å². The number of ketones is 1. The molecular weight excluding hydrogens is 252 g/mol. The van der Waals surface area contributed by atoms with E-state index in [2.05, 4.69) is 36.1 Å². The SMILES string of the molecule is CC(C)(c1ccccc1)c1noc(C2CCCC2=O)n1. The molecule has 0 aliphatic heterocycles. The smallest absolute Gasteiger partial charge is 0.237 e. The summed E-state index contributed by atoms with van der Waals surface area (Å²) in [6.07, 6.45) is 2.37. The van der Waals surface area contributed by atoms with Crippen molar-refractivity contribution in [2.24, 2.45) is 0 Å². The Kier molecular flexibility index (Phi) is 3.16. The van der Waals surface area contributed by atoms with Gasteiger partial charge < -0.3 is 4.52 Å². The first-order valence-corrected chi connectivity index (χ1v) is 7.01. The third-order valence-corrected chi connectivity index (χ3v) is 4.10. The zero-order valence-electron chi connectivity index (χ0n) is 11.8. The van der Waals surface area contributed by atoms with E-state index in [1.165, 1.54) is 0 Å². The Morgan fingerprint density at radius 1 is 1.25 bits per heavy atom. The van der Waals surface area contributed by atoms with Crippen LogP contribution in [0.3, 0.4) is 0 Å². The molecule has 0 spiro atoms. The van der Waals surface area contributed by atoms with Crippen molar-refractivity contribution in [3.8, 4) is 0 Å². The Hall–Kier alpha value is -1.97. The van der Waals surface area contributed by atoms with Gasteiger partial charge in [-0.3, -0.25) is 4.79 Å². The van der Waals surface area contributed by atoms with Crippen LogP contribution >= 0.6 is 0 Å². The van der Waals surface area contributed by atoms with Crippen molar-refractivity contribution in [3.63, 3.8) is 0 Å². The molecule has 1 aromatic heterocycles. The van der Waals surface area contributed by atoms with Crippen LogP contribution in [0.1, 0.15) is 56.3 Å². The van der Waals surface area contributed by atoms with Gasteiger partial charge in [-0.2, -0.15) is 4.98 Å². The molecule has 0 saturated heterocycles. The lowest BCUT2D eigenvalue weighted by molar-refractivity contribution is -0.119. The van der Waals surface area contributed by atoms with Gasteiger partial charge in [-0.1, -0.05) is 35.5 Å². The van der Waals surface area contributed by atoms with Crippen molar-refractivity contribution in [2.45, 2.75) is 44.4 Å². The van der Waals surface area contributed by atoms with E-state index >= 15 is 0 Å². The van der Waals surface area contributed by atoms with Gasteiger partial charge in [0, 0.05) is 6.42 Å². The van der Waals surface area contributed by atoms with Crippen molar-refractivity contribution >= 4 is 5.78 Å². The molecular formula is C16H18N2O2. The number of hydrogen-bond donors (Lipinski definition) is 0. The van der Waals surface area contributed by atoms with Gasteiger partial charge in [0.2, 0.25) is 5.89 Å². The lowest BCUT2D eigenvalue weighted by Gasteiger charge is -2.20. The first kappa shape index (κ1) is 13.0. The van der Waals surface area contributed by atoms with Gasteiger partial charge in [-0.15, -0.1) is 0 Å². The fourth-order valence-corrected chi connectivity index (χ4v) is 2.69. The minimum absolute atomic E-state index is 0.192. The second-order valence-electron chi connectivity index (χ2n) is 5.86. The van der Waals surface area contributed by atoms with Crippen LogP contribution in [-0.4, -0.2) is 15.9 Å². The minimum Gasteiger partial charge on any atom is -0.339 e. The molecule has 0 N–H and O–H groups in total. The molecule has 1 aliphatic rings. The summed E-state index contributed by atoms with van der Waals surface area (Å²) in [7, 11) is 0. The highest BCUT2D eigenvalue weighted by atomic mass is 16.5. The van der Waals surface area contributed by atoms with E-state index < -0.39 is 0 Å². The number of carbonyl (C=O) groups excluding carboxylic acids is 1. The van der Waals surface area contributed by atoms with Crippen molar-refractivity contribution in [2.75, 3.05) is 0 Å². The molecule has 1 aromatic carbocycles. The Morgan fingerprint density at radius 3 is 2.65 bits per heavy atom. The maximum atomic E-state index is 11.8. The average molecular weight is 270 g/mol. The minimum atomic E-state index is -0.329. The normalized spacial score (nSPS) is 19.5. The molecule has 1 unspecified atom stereocenters. The van der Waals surface area contributed by atoms with E-state index in [0.29, 0.717) is 18.1 Å². The van der Waals surface area contributed by atoms with Gasteiger partial charge in [-0.25, -0.2) is 0 Å². The van der Waals surface area contributed by atoms with E-state index in [-0.39, 0.29) is 17.1 Å². The highest BCUT2D eigenvalue weighted by Gasteiger charge is 2.34. The quantitative estimate of drug-likeness (QED) is 0.859. The Bertz CT molecular complexity index is 616. The Morgan fingerprint density at radius 2 is 2.00 bits per heavy atom. The molecule has 20 heavy (non-hydrogen) atoms. The fraction of sp³-hybridized carbons (Fsp3) is 0.438. The first-order valence-electron chi connectivity index (χ1n) is 7.01. The maximum absolute atomic E-state index is 11.8. The monoisotopic (exact) mass is 270 g/mol. The number of carbonyl (C=O) groups is 1. The predicted octanol–water partition coefficient (Wildman–Crippen LogP) is 3.23. The van der Waals surface area contributed by atoms with Crippen LogP contribution in [0.2, 0.25) is 0 Å². The van der Waals surface area contributed by atoms with E-state index in [0.717, 1.165) is 18.4 Å². The summed E-state index contributed by atoms with van der Waals surface area (Å²) in [6, 6.07) is 10.1. The third kappa shape index (κ3) is 2.15. The number of nitrogens with zero attached hydrogens (tertiary/aromatic N) is 2. The number of aromatic nitrogens is 2. The predicted molar refractivity (Wildman–Crippen MR) is 74.5 cm³/mol. The Labute approximate surface area is 118 Å². The highest BCUT2D eigenvalue weighted by molar-refractivity contribution is 5.86. The third-order valence-electron chi connectivity index (χ3n) is 4.10. The lowest BCUT2D eigenvalue weighted by atomic mass is 9.84. The lowest BCUT2D eigenvalue weighted by Crippen LogP contribution is -2.20. The van der Waals surface area contributed by atoms with Crippen molar-refractivity contribution in [1.82, 2.24) is 10.1 Å². The zero-order chi connectivity index (χ0) is 14.2. The fourth-order valence-electron chi connectivity index (χ4n) is 2.69. The van der Waals surface area contributed by atoms with Crippen LogP contribution in [0.15, 0.2) is 34.9 Å². The molecule has 4 heteroatoms. The molecule has 1 atom stereocenters. The van der Waals surface area contributed by atoms with E-state index in [4.69, 9.17) is 4.52 Å². The second-order valence-corrected chi connectivity index (χ2v) is 5.86. The summed E-state index contributed by atoms with van der Waals surface area (Å²) >= 11 is 0. The topological polar surface area (TPSA) is 56.0 Å². The number of Topliss-reactive ketones (excluding diaryl/α,β-unsaturated/α-hetero) is 1. The van der Waals surface area contributed by atoms with Crippen LogP contribution in [0.5, 0.6) is 0 Å². The molecule has 0 amide bonds. The van der Waals surface area contributed by atoms with Crippen molar-refractivity contribution < 1.29 is 9.32 Å². The van der Waals surface area contributed by atoms with Crippen LogP contribution in [-0.2, 0) is 10.2 Å². The summed E-state index contributed by atoms with van der Waals surface area (Å²) in [5, 5.41) is 4.10. The standard InChI is InChI=1S/C16H18N2O2/c1-16(2,11-7-4-3-5-8-11)15-17-14(20-18-15)12-9-6-10-13(12)19/h3-5,7-8,12H,6,9-10H2,1-2H3. The van der Waals surface area contributed by atoms with Crippen LogP contribution < -0.4 is 0 Å². The van der Waals surface area contributed by atoms with Crippen molar-refractivity contribution in [1.29, 1.82) is 0 Å². The van der Waals surface area contributed by atoms with Gasteiger partial charge in [0.25, 0.3) is 0 Å². The summed E-state index contributed by atoms with van der Waals surface area (Å²) in [4.78, 5) is 16.3. The van der Waals surface area contributed by atoms with Crippen LogP contribution in [0.4, 0.5) is 0 Å². The molecule has 3 rings (SSSR count). The molecule has 0 radical (unpaired) electrons. The van der Waals surface area contributed by atoms with Crippen LogP contribution in [0, 0.1) is 0 Å². The summed E-state index contributed by atoms with van der Waals surface area (Å²) in [5.41, 5.74) is 0.801. The summed E-state index contributed by atoms with van der Waals surface area (Å²) in [5.74, 6) is 1.14. The Balaban J connectivity index is 1.91. The highest BCUT2D eigenvalue weighted by Crippen LogP contribution is 2.33. The molecule has 104 valence electrons.